The van der Waals surface area contributed by atoms with Crippen LogP contribution < -0.4 is 0 Å². The van der Waals surface area contributed by atoms with E-state index < -0.39 is 0 Å². The van der Waals surface area contributed by atoms with E-state index in [4.69, 9.17) is 0 Å². The molecular weight excluding hydrogens is 364 g/mol. The lowest BCUT2D eigenvalue weighted by atomic mass is 9.90. The van der Waals surface area contributed by atoms with Crippen LogP contribution in [0.5, 0.6) is 0 Å². The average molecular weight is 415 g/mol. The lowest BCUT2D eigenvalue weighted by Crippen LogP contribution is -2.46. The summed E-state index contributed by atoms with van der Waals surface area (Å²) in [5, 5.41) is 0. The molecule has 0 spiro atoms. The van der Waals surface area contributed by atoms with Gasteiger partial charge in [0, 0.05) is 24.0 Å². The first-order chi connectivity index (χ1) is 14.3. The minimum Gasteiger partial charge on any atom is -0.363 e. The van der Waals surface area contributed by atoms with Gasteiger partial charge in [-0.25, -0.2) is 0 Å². The molecule has 0 saturated carbocycles. The van der Waals surface area contributed by atoms with Gasteiger partial charge in [-0.3, -0.25) is 4.99 Å². The van der Waals surface area contributed by atoms with Gasteiger partial charge in [0.2, 0.25) is 0 Å². The third kappa shape index (κ3) is 9.49. The smallest absolute Gasteiger partial charge is 0.0496 e. The fourth-order valence-corrected chi connectivity index (χ4v) is 4.42. The summed E-state index contributed by atoms with van der Waals surface area (Å²) >= 11 is 0. The standard InChI is InChI=1S/C28H50N2/c1-11-16-23(7)24(8)19-15-20-26(21-29-10)30(28(18-13-3)22(5)6)27(14-4)25(9)17-12-2/h12-13,16-18,21-22,24-25,27-28H,10-11,14-15,19-20H2,1-9H3. The van der Waals surface area contributed by atoms with E-state index in [-0.39, 0.29) is 0 Å². The van der Waals surface area contributed by atoms with Crippen LogP contribution in [0.25, 0.3) is 0 Å². The van der Waals surface area contributed by atoms with Crippen molar-refractivity contribution < 1.29 is 0 Å². The maximum Gasteiger partial charge on any atom is 0.0496 e. The summed E-state index contributed by atoms with van der Waals surface area (Å²) in [5.41, 5.74) is 2.85. The van der Waals surface area contributed by atoms with Crippen LogP contribution in [0.2, 0.25) is 0 Å². The highest BCUT2D eigenvalue weighted by Gasteiger charge is 2.30. The number of hydrogen-bond acceptors (Lipinski definition) is 2. The molecule has 0 fully saturated rings. The van der Waals surface area contributed by atoms with Crippen LogP contribution in [0.1, 0.15) is 94.4 Å². The van der Waals surface area contributed by atoms with E-state index in [1.54, 1.807) is 0 Å². The minimum atomic E-state index is 0.361. The molecule has 0 bridgehead atoms. The summed E-state index contributed by atoms with van der Waals surface area (Å²) in [7, 11) is 0. The number of allylic oxidation sites excluding steroid dienone is 5. The van der Waals surface area contributed by atoms with E-state index in [9.17, 15) is 0 Å². The SMILES string of the molecule is C=NC=C(CCCC(C)C(C)=CCC)N(C(C=CC)C(C)C)C(CC)C(C)C=CC. The zero-order valence-electron chi connectivity index (χ0n) is 21.5. The number of hydrogen-bond donors (Lipinski definition) is 0. The van der Waals surface area contributed by atoms with Crippen LogP contribution in [0.4, 0.5) is 0 Å². The topological polar surface area (TPSA) is 15.6 Å². The Morgan fingerprint density at radius 1 is 1.03 bits per heavy atom. The van der Waals surface area contributed by atoms with Gasteiger partial charge in [0.1, 0.15) is 0 Å². The molecule has 0 amide bonds. The van der Waals surface area contributed by atoms with Crippen LogP contribution in [0, 0.1) is 17.8 Å². The number of nitrogens with zero attached hydrogens (tertiary/aromatic N) is 2. The Bertz CT molecular complexity index is 579. The molecule has 2 nitrogen and oxygen atoms in total. The molecule has 0 aromatic carbocycles. The Kier molecular flexibility index (Phi) is 15.3. The quantitative estimate of drug-likeness (QED) is 0.193. The molecule has 30 heavy (non-hydrogen) atoms. The van der Waals surface area contributed by atoms with Crippen molar-refractivity contribution in [3.05, 3.63) is 47.9 Å². The first kappa shape index (κ1) is 28.4. The normalized spacial score (nSPS) is 17.5. The molecule has 0 aromatic rings. The van der Waals surface area contributed by atoms with E-state index in [2.05, 4.69) is 109 Å². The number of aliphatic imine (C=N–C) groups is 1. The van der Waals surface area contributed by atoms with Gasteiger partial charge in [-0.15, -0.1) is 0 Å². The van der Waals surface area contributed by atoms with Crippen LogP contribution in [0.3, 0.4) is 0 Å². The highest BCUT2D eigenvalue weighted by atomic mass is 15.2. The van der Waals surface area contributed by atoms with Gasteiger partial charge in [-0.2, -0.15) is 0 Å². The minimum absolute atomic E-state index is 0.361. The monoisotopic (exact) mass is 414 g/mol. The zero-order valence-corrected chi connectivity index (χ0v) is 21.5. The molecule has 172 valence electrons. The summed E-state index contributed by atoms with van der Waals surface area (Å²) in [6.45, 7) is 24.2. The van der Waals surface area contributed by atoms with Gasteiger partial charge in [0.25, 0.3) is 0 Å². The average Bonchev–Trinajstić information content (AvgIpc) is 2.70. The second-order valence-corrected chi connectivity index (χ2v) is 8.98. The highest BCUT2D eigenvalue weighted by Crippen LogP contribution is 2.31. The Labute approximate surface area is 188 Å². The van der Waals surface area contributed by atoms with Gasteiger partial charge in [0.05, 0.1) is 0 Å². The van der Waals surface area contributed by atoms with Gasteiger partial charge in [-0.1, -0.05) is 77.5 Å². The van der Waals surface area contributed by atoms with E-state index in [0.29, 0.717) is 29.8 Å². The van der Waals surface area contributed by atoms with Crippen molar-refractivity contribution in [2.24, 2.45) is 22.7 Å². The molecule has 0 rings (SSSR count). The van der Waals surface area contributed by atoms with Crippen molar-refractivity contribution in [1.82, 2.24) is 4.90 Å². The van der Waals surface area contributed by atoms with E-state index in [0.717, 1.165) is 19.3 Å². The van der Waals surface area contributed by atoms with Gasteiger partial charge < -0.3 is 4.90 Å². The van der Waals surface area contributed by atoms with Crippen LogP contribution in [-0.4, -0.2) is 23.7 Å². The van der Waals surface area contributed by atoms with E-state index in [1.807, 2.05) is 6.20 Å². The summed E-state index contributed by atoms with van der Waals surface area (Å²) in [5.74, 6) is 1.64. The predicted octanol–water partition coefficient (Wildman–Crippen LogP) is 8.58. The molecule has 0 heterocycles. The fraction of sp³-hybridized carbons (Fsp3) is 0.679. The largest absolute Gasteiger partial charge is 0.363 e. The molecule has 0 N–H and O–H groups in total. The van der Waals surface area contributed by atoms with Crippen molar-refractivity contribution in [3.8, 4) is 0 Å². The van der Waals surface area contributed by atoms with E-state index in [1.165, 1.54) is 24.1 Å². The van der Waals surface area contributed by atoms with Crippen molar-refractivity contribution >= 4 is 6.72 Å². The molecule has 4 unspecified atom stereocenters. The molecule has 0 aliphatic carbocycles. The summed E-state index contributed by atoms with van der Waals surface area (Å²) in [4.78, 5) is 6.89. The first-order valence-electron chi connectivity index (χ1n) is 12.1. The lowest BCUT2D eigenvalue weighted by Gasteiger charge is -2.44. The summed E-state index contributed by atoms with van der Waals surface area (Å²) in [6, 6.07) is 0.803. The molecular formula is C28H50N2. The Morgan fingerprint density at radius 2 is 1.67 bits per heavy atom. The Morgan fingerprint density at radius 3 is 2.13 bits per heavy atom. The van der Waals surface area contributed by atoms with E-state index >= 15 is 0 Å². The summed E-state index contributed by atoms with van der Waals surface area (Å²) in [6.07, 6.45) is 19.1. The third-order valence-electron chi connectivity index (χ3n) is 6.22. The second-order valence-electron chi connectivity index (χ2n) is 8.98. The molecule has 4 atom stereocenters. The highest BCUT2D eigenvalue weighted by molar-refractivity contribution is 5.27. The van der Waals surface area contributed by atoms with Gasteiger partial charge >= 0.3 is 0 Å². The number of rotatable bonds is 15. The fourth-order valence-electron chi connectivity index (χ4n) is 4.42. The van der Waals surface area contributed by atoms with Crippen molar-refractivity contribution in [2.45, 2.75) is 107 Å². The van der Waals surface area contributed by atoms with Crippen molar-refractivity contribution in [3.63, 3.8) is 0 Å². The van der Waals surface area contributed by atoms with Gasteiger partial charge in [0.15, 0.2) is 0 Å². The molecule has 2 heteroatoms. The lowest BCUT2D eigenvalue weighted by molar-refractivity contribution is 0.139. The Balaban J connectivity index is 5.88. The third-order valence-corrected chi connectivity index (χ3v) is 6.22. The molecule has 0 aliphatic heterocycles. The van der Waals surface area contributed by atoms with Crippen molar-refractivity contribution in [2.75, 3.05) is 0 Å². The summed E-state index contributed by atoms with van der Waals surface area (Å²) < 4.78 is 0. The van der Waals surface area contributed by atoms with Crippen LogP contribution in [-0.2, 0) is 0 Å². The maximum atomic E-state index is 4.24. The van der Waals surface area contributed by atoms with Gasteiger partial charge in [-0.05, 0) is 77.3 Å². The molecule has 0 aliphatic rings. The second kappa shape index (κ2) is 16.2. The van der Waals surface area contributed by atoms with Crippen molar-refractivity contribution in [1.29, 1.82) is 0 Å². The van der Waals surface area contributed by atoms with Crippen LogP contribution >= 0.6 is 0 Å². The maximum absolute atomic E-state index is 4.24. The molecule has 0 radical (unpaired) electrons. The van der Waals surface area contributed by atoms with Crippen LogP contribution in [0.15, 0.2) is 52.8 Å². The molecule has 0 aromatic heterocycles. The zero-order chi connectivity index (χ0) is 23.1. The molecule has 0 saturated heterocycles. The Hall–Kier alpha value is -1.57. The predicted molar refractivity (Wildman–Crippen MR) is 138 cm³/mol. The first-order valence-corrected chi connectivity index (χ1v) is 12.1.